The summed E-state index contributed by atoms with van der Waals surface area (Å²) in [4.78, 5) is 28.1. The zero-order valence-electron chi connectivity index (χ0n) is 14.4. The van der Waals surface area contributed by atoms with Crippen LogP contribution >= 0.6 is 0 Å². The van der Waals surface area contributed by atoms with Gasteiger partial charge in [0.2, 0.25) is 0 Å². The summed E-state index contributed by atoms with van der Waals surface area (Å²) in [6.07, 6.45) is 2.22. The quantitative estimate of drug-likeness (QED) is 0.764. The molecule has 0 saturated carbocycles. The second kappa shape index (κ2) is 36.1. The van der Waals surface area contributed by atoms with Crippen LogP contribution in [0.1, 0.15) is 68.2 Å². The van der Waals surface area contributed by atoms with Gasteiger partial charge in [-0.05, 0) is 48.0 Å². The van der Waals surface area contributed by atoms with Gasteiger partial charge in [-0.15, -0.1) is 0 Å². The predicted molar refractivity (Wildman–Crippen MR) is 83.8 cm³/mol. The Morgan fingerprint density at radius 2 is 1.10 bits per heavy atom. The lowest BCUT2D eigenvalue weighted by Gasteiger charge is -1.80. The first-order valence-electron chi connectivity index (χ1n) is 6.70. The average molecular weight is 294 g/mol. The zero-order chi connectivity index (χ0) is 17.6. The minimum atomic E-state index is -0.167. The largest absolute Gasteiger partial charge is 0.396 e. The Hall–Kier alpha value is -1.07. The van der Waals surface area contributed by atoms with Gasteiger partial charge in [0.25, 0.3) is 0 Å². The van der Waals surface area contributed by atoms with Gasteiger partial charge in [0, 0.05) is 19.1 Å². The second-order valence-corrected chi connectivity index (χ2v) is 4.21. The number of hydrogen-bond donors (Lipinski definition) is 2. The molecule has 0 aliphatic heterocycles. The highest BCUT2D eigenvalue weighted by molar-refractivity contribution is 5.72. The summed E-state index contributed by atoms with van der Waals surface area (Å²) in [6.45, 7) is 13.6. The van der Waals surface area contributed by atoms with Crippen LogP contribution in [-0.4, -0.2) is 40.8 Å². The SMILES string of the molecule is CC(C)=O.CC(C)=O.CC(C)O.CCC=O.CCCO. The van der Waals surface area contributed by atoms with Gasteiger partial charge in [-0.3, -0.25) is 0 Å². The lowest BCUT2D eigenvalue weighted by molar-refractivity contribution is -0.115. The highest BCUT2D eigenvalue weighted by Crippen LogP contribution is 1.65. The van der Waals surface area contributed by atoms with Crippen LogP contribution in [0.15, 0.2) is 0 Å². The number of rotatable bonds is 2. The summed E-state index contributed by atoms with van der Waals surface area (Å²) in [5.41, 5.74) is 0. The van der Waals surface area contributed by atoms with Gasteiger partial charge in [-0.2, -0.15) is 0 Å². The van der Waals surface area contributed by atoms with Crippen LogP contribution in [0, 0.1) is 0 Å². The predicted octanol–water partition coefficient (Wildman–Crippen LogP) is 2.56. The summed E-state index contributed by atoms with van der Waals surface area (Å²) >= 11 is 0. The molecule has 0 aliphatic rings. The van der Waals surface area contributed by atoms with E-state index in [4.69, 9.17) is 10.2 Å². The van der Waals surface area contributed by atoms with Crippen LogP contribution in [0.3, 0.4) is 0 Å². The smallest absolute Gasteiger partial charge is 0.126 e. The van der Waals surface area contributed by atoms with Crippen molar-refractivity contribution in [3.05, 3.63) is 0 Å². The van der Waals surface area contributed by atoms with Crippen molar-refractivity contribution in [3.63, 3.8) is 0 Å². The van der Waals surface area contributed by atoms with Gasteiger partial charge in [0.05, 0.1) is 0 Å². The Morgan fingerprint density at radius 1 is 1.00 bits per heavy atom. The molecule has 0 aromatic rings. The molecule has 124 valence electrons. The molecule has 0 aromatic heterocycles. The van der Waals surface area contributed by atoms with Gasteiger partial charge in [0.15, 0.2) is 0 Å². The van der Waals surface area contributed by atoms with Gasteiger partial charge in [-0.1, -0.05) is 13.8 Å². The molecule has 0 rings (SSSR count). The summed E-state index contributed by atoms with van der Waals surface area (Å²) in [7, 11) is 0. The van der Waals surface area contributed by atoms with Crippen LogP contribution in [0.2, 0.25) is 0 Å². The minimum Gasteiger partial charge on any atom is -0.396 e. The van der Waals surface area contributed by atoms with E-state index >= 15 is 0 Å². The number of Topliss-reactive ketones (excluding diaryl/α,β-unsaturated/α-hetero) is 2. The number of carbonyl (C=O) groups is 3. The van der Waals surface area contributed by atoms with E-state index < -0.39 is 0 Å². The van der Waals surface area contributed by atoms with E-state index in [1.165, 1.54) is 27.7 Å². The van der Waals surface area contributed by atoms with Crippen LogP contribution in [0.25, 0.3) is 0 Å². The third kappa shape index (κ3) is 4970. The highest BCUT2D eigenvalue weighted by Gasteiger charge is 1.69. The molecule has 0 amide bonds. The van der Waals surface area contributed by atoms with Crippen LogP contribution in [-0.2, 0) is 14.4 Å². The molecule has 0 radical (unpaired) electrons. The fourth-order valence-electron chi connectivity index (χ4n) is 0. The summed E-state index contributed by atoms with van der Waals surface area (Å²) in [6, 6.07) is 0. The van der Waals surface area contributed by atoms with E-state index in [2.05, 4.69) is 0 Å². The molecule has 0 fully saturated rings. The van der Waals surface area contributed by atoms with E-state index in [0.29, 0.717) is 13.0 Å². The Labute approximate surface area is 124 Å². The number of aliphatic hydroxyl groups is 2. The molecule has 2 N–H and O–H groups in total. The fraction of sp³-hybridized carbons (Fsp3) is 0.800. The molecule has 0 spiro atoms. The van der Waals surface area contributed by atoms with E-state index in [-0.39, 0.29) is 17.7 Å². The van der Waals surface area contributed by atoms with Crippen LogP contribution in [0.4, 0.5) is 0 Å². The van der Waals surface area contributed by atoms with Crippen molar-refractivity contribution in [2.45, 2.75) is 74.3 Å². The molecule has 0 saturated heterocycles. The molecule has 0 unspecified atom stereocenters. The maximum absolute atomic E-state index is 9.44. The molecule has 5 heteroatoms. The van der Waals surface area contributed by atoms with Crippen LogP contribution in [0.5, 0.6) is 0 Å². The molecule has 0 bridgehead atoms. The number of ketones is 2. The highest BCUT2D eigenvalue weighted by atomic mass is 16.3. The van der Waals surface area contributed by atoms with E-state index in [1.807, 2.05) is 13.8 Å². The number of aliphatic hydroxyl groups excluding tert-OH is 2. The second-order valence-electron chi connectivity index (χ2n) is 4.21. The molecular formula is C15H34O5. The van der Waals surface area contributed by atoms with Crippen LogP contribution < -0.4 is 0 Å². The Kier molecular flexibility index (Phi) is 56.6. The van der Waals surface area contributed by atoms with Crippen molar-refractivity contribution in [2.24, 2.45) is 0 Å². The Bertz CT molecular complexity index is 164. The lowest BCUT2D eigenvalue weighted by Crippen LogP contribution is -1.85. The fourth-order valence-corrected chi connectivity index (χ4v) is 0. The molecule has 0 heterocycles. The van der Waals surface area contributed by atoms with Gasteiger partial charge in [-0.25, -0.2) is 0 Å². The van der Waals surface area contributed by atoms with E-state index in [9.17, 15) is 14.4 Å². The number of aldehydes is 1. The summed E-state index contributed by atoms with van der Waals surface area (Å²) in [5.74, 6) is 0.333. The maximum Gasteiger partial charge on any atom is 0.126 e. The molecule has 5 nitrogen and oxygen atoms in total. The standard InChI is InChI=1S/C3H8O.2C3H6O.C3H8O.C3H6O/c3*1-3(2)4;2*1-2-3-4/h3-4H,1-2H3;2*1-2H3;4H,2-3H2,1H3;3H,2H2,1H3. The first-order valence-corrected chi connectivity index (χ1v) is 6.70. The monoisotopic (exact) mass is 294 g/mol. The van der Waals surface area contributed by atoms with Crippen molar-refractivity contribution >= 4 is 17.9 Å². The minimum absolute atomic E-state index is 0.167. The summed E-state index contributed by atoms with van der Waals surface area (Å²) < 4.78 is 0. The molecule has 0 aliphatic carbocycles. The Morgan fingerprint density at radius 3 is 1.10 bits per heavy atom. The van der Waals surface area contributed by atoms with Crippen molar-refractivity contribution < 1.29 is 24.6 Å². The Balaban J connectivity index is -0.0000000469. The number of carbonyl (C=O) groups excluding carboxylic acids is 3. The van der Waals surface area contributed by atoms with Crippen molar-refractivity contribution in [1.82, 2.24) is 0 Å². The van der Waals surface area contributed by atoms with Gasteiger partial charge < -0.3 is 24.6 Å². The average Bonchev–Trinajstić information content (AvgIpc) is 2.26. The first-order chi connectivity index (χ1) is 9.02. The number of hydrogen-bond acceptors (Lipinski definition) is 5. The third-order valence-electron chi connectivity index (χ3n) is 0.390. The molecule has 20 heavy (non-hydrogen) atoms. The maximum atomic E-state index is 9.44. The normalized spacial score (nSPS) is 7.15. The zero-order valence-corrected chi connectivity index (χ0v) is 14.4. The summed E-state index contributed by atoms with van der Waals surface area (Å²) in [5, 5.41) is 15.9. The van der Waals surface area contributed by atoms with E-state index in [1.54, 1.807) is 13.8 Å². The molecule has 0 aromatic carbocycles. The van der Waals surface area contributed by atoms with Gasteiger partial charge >= 0.3 is 0 Å². The lowest BCUT2D eigenvalue weighted by atomic mass is 10.5. The molecule has 0 atom stereocenters. The van der Waals surface area contributed by atoms with E-state index in [0.717, 1.165) is 12.7 Å². The van der Waals surface area contributed by atoms with Gasteiger partial charge in [0.1, 0.15) is 17.9 Å². The topological polar surface area (TPSA) is 91.7 Å². The van der Waals surface area contributed by atoms with Crippen molar-refractivity contribution in [3.8, 4) is 0 Å². The van der Waals surface area contributed by atoms with Crippen molar-refractivity contribution in [1.29, 1.82) is 0 Å². The molecular weight excluding hydrogens is 260 g/mol. The van der Waals surface area contributed by atoms with Crippen molar-refractivity contribution in [2.75, 3.05) is 6.61 Å². The third-order valence-corrected chi connectivity index (χ3v) is 0.390. The first kappa shape index (κ1) is 31.4.